The van der Waals surface area contributed by atoms with Crippen LogP contribution in [0.4, 0.5) is 0 Å². The molecule has 1 saturated heterocycles. The van der Waals surface area contributed by atoms with Gasteiger partial charge in [0.15, 0.2) is 0 Å². The first-order valence-corrected chi connectivity index (χ1v) is 8.66. The van der Waals surface area contributed by atoms with Crippen molar-refractivity contribution in [2.45, 2.75) is 32.8 Å². The van der Waals surface area contributed by atoms with Gasteiger partial charge < -0.3 is 10.0 Å². The zero-order valence-corrected chi connectivity index (χ0v) is 14.4. The number of aryl methyl sites for hydroxylation is 2. The molecular weight excluding hydrogens is 298 g/mol. The minimum atomic E-state index is -0.441. The van der Waals surface area contributed by atoms with Crippen molar-refractivity contribution in [3.8, 4) is 0 Å². The lowest BCUT2D eigenvalue weighted by Crippen LogP contribution is -2.40. The summed E-state index contributed by atoms with van der Waals surface area (Å²) in [4.78, 5) is 14.7. The van der Waals surface area contributed by atoms with Crippen molar-refractivity contribution in [2.24, 2.45) is 5.92 Å². The van der Waals surface area contributed by atoms with Gasteiger partial charge in [-0.15, -0.1) is 0 Å². The zero-order valence-electron chi connectivity index (χ0n) is 14.4. The third kappa shape index (κ3) is 3.51. The summed E-state index contributed by atoms with van der Waals surface area (Å²) in [5, 5.41) is 10.6. The number of carbonyl (C=O) groups excluding carboxylic acids is 1. The third-order valence-corrected chi connectivity index (χ3v) is 5.04. The highest BCUT2D eigenvalue weighted by Gasteiger charge is 2.29. The zero-order chi connectivity index (χ0) is 17.1. The monoisotopic (exact) mass is 323 g/mol. The van der Waals surface area contributed by atoms with Gasteiger partial charge in [0.2, 0.25) is 0 Å². The Morgan fingerprint density at radius 1 is 1.08 bits per heavy atom. The first-order valence-electron chi connectivity index (χ1n) is 8.66. The molecule has 0 aromatic heterocycles. The van der Waals surface area contributed by atoms with Crippen molar-refractivity contribution >= 4 is 5.91 Å². The van der Waals surface area contributed by atoms with Gasteiger partial charge in [0.05, 0.1) is 6.10 Å². The van der Waals surface area contributed by atoms with Crippen LogP contribution in [-0.4, -0.2) is 29.0 Å². The molecule has 3 rings (SSSR count). The summed E-state index contributed by atoms with van der Waals surface area (Å²) in [5.41, 5.74) is 3.91. The van der Waals surface area contributed by atoms with E-state index < -0.39 is 6.10 Å². The summed E-state index contributed by atoms with van der Waals surface area (Å²) in [5.74, 6) is 0.332. The Hall–Kier alpha value is -2.13. The number of hydrogen-bond donors (Lipinski definition) is 1. The van der Waals surface area contributed by atoms with Gasteiger partial charge in [0.1, 0.15) is 0 Å². The molecule has 0 aliphatic carbocycles. The van der Waals surface area contributed by atoms with Crippen LogP contribution < -0.4 is 0 Å². The molecule has 3 heteroatoms. The standard InChI is InChI=1S/C21H25NO2/c1-15-8-9-16(2)19(14-15)21(24)22-12-10-18(11-13-22)20(23)17-6-4-3-5-7-17/h3-9,14,18,20,23H,10-13H2,1-2H3. The Labute approximate surface area is 143 Å². The highest BCUT2D eigenvalue weighted by Crippen LogP contribution is 2.31. The van der Waals surface area contributed by atoms with E-state index in [1.54, 1.807) is 0 Å². The molecule has 1 N–H and O–H groups in total. The van der Waals surface area contributed by atoms with E-state index in [4.69, 9.17) is 0 Å². The Bertz CT molecular complexity index is 703. The molecule has 3 nitrogen and oxygen atoms in total. The van der Waals surface area contributed by atoms with Gasteiger partial charge in [-0.25, -0.2) is 0 Å². The average molecular weight is 323 g/mol. The predicted octanol–water partition coefficient (Wildman–Crippen LogP) is 3.89. The van der Waals surface area contributed by atoms with Crippen molar-refractivity contribution in [3.63, 3.8) is 0 Å². The topological polar surface area (TPSA) is 40.5 Å². The molecule has 126 valence electrons. The second kappa shape index (κ2) is 7.18. The minimum Gasteiger partial charge on any atom is -0.388 e. The SMILES string of the molecule is Cc1ccc(C)c(C(=O)N2CCC(C(O)c3ccccc3)CC2)c1. The number of hydrogen-bond acceptors (Lipinski definition) is 2. The summed E-state index contributed by atoms with van der Waals surface area (Å²) >= 11 is 0. The molecule has 2 aromatic rings. The van der Waals surface area contributed by atoms with E-state index >= 15 is 0 Å². The van der Waals surface area contributed by atoms with E-state index in [1.165, 1.54) is 0 Å². The van der Waals surface area contributed by atoms with Crippen LogP contribution in [0.2, 0.25) is 0 Å². The van der Waals surface area contributed by atoms with E-state index in [0.29, 0.717) is 13.1 Å². The fourth-order valence-corrected chi connectivity index (χ4v) is 3.48. The normalized spacial score (nSPS) is 16.9. The van der Waals surface area contributed by atoms with Crippen LogP contribution in [0.25, 0.3) is 0 Å². The van der Waals surface area contributed by atoms with Gasteiger partial charge in [-0.3, -0.25) is 4.79 Å². The second-order valence-electron chi connectivity index (χ2n) is 6.80. The molecule has 2 aromatic carbocycles. The Kier molecular flexibility index (Phi) is 5.00. The molecule has 24 heavy (non-hydrogen) atoms. The number of amides is 1. The lowest BCUT2D eigenvalue weighted by molar-refractivity contribution is 0.0462. The van der Waals surface area contributed by atoms with Crippen LogP contribution in [0.5, 0.6) is 0 Å². The Morgan fingerprint density at radius 3 is 2.42 bits per heavy atom. The van der Waals surface area contributed by atoms with Crippen LogP contribution in [-0.2, 0) is 0 Å². The fourth-order valence-electron chi connectivity index (χ4n) is 3.48. The summed E-state index contributed by atoms with van der Waals surface area (Å²) in [7, 11) is 0. The molecule has 1 unspecified atom stereocenters. The molecule has 0 bridgehead atoms. The van der Waals surface area contributed by atoms with E-state index in [0.717, 1.165) is 35.1 Å². The van der Waals surface area contributed by atoms with Gasteiger partial charge in [0.25, 0.3) is 5.91 Å². The lowest BCUT2D eigenvalue weighted by Gasteiger charge is -2.34. The molecule has 1 aliphatic rings. The molecule has 1 fully saturated rings. The molecule has 1 heterocycles. The maximum Gasteiger partial charge on any atom is 0.254 e. The van der Waals surface area contributed by atoms with E-state index in [-0.39, 0.29) is 11.8 Å². The second-order valence-corrected chi connectivity index (χ2v) is 6.80. The largest absolute Gasteiger partial charge is 0.388 e. The quantitative estimate of drug-likeness (QED) is 0.931. The van der Waals surface area contributed by atoms with Gasteiger partial charge >= 0.3 is 0 Å². The average Bonchev–Trinajstić information content (AvgIpc) is 2.63. The van der Waals surface area contributed by atoms with Crippen molar-refractivity contribution in [1.82, 2.24) is 4.90 Å². The third-order valence-electron chi connectivity index (χ3n) is 5.04. The van der Waals surface area contributed by atoms with Gasteiger partial charge in [-0.05, 0) is 49.8 Å². The summed E-state index contributed by atoms with van der Waals surface area (Å²) in [6.07, 6.45) is 1.24. The first kappa shape index (κ1) is 16.7. The van der Waals surface area contributed by atoms with Crippen molar-refractivity contribution in [3.05, 3.63) is 70.8 Å². The number of benzene rings is 2. The molecule has 1 atom stereocenters. The number of carbonyl (C=O) groups is 1. The first-order chi connectivity index (χ1) is 11.6. The van der Waals surface area contributed by atoms with Crippen molar-refractivity contribution in [1.29, 1.82) is 0 Å². The van der Waals surface area contributed by atoms with Crippen molar-refractivity contribution in [2.75, 3.05) is 13.1 Å². The van der Waals surface area contributed by atoms with Crippen LogP contribution in [0.3, 0.4) is 0 Å². The highest BCUT2D eigenvalue weighted by molar-refractivity contribution is 5.95. The summed E-state index contributed by atoms with van der Waals surface area (Å²) in [6, 6.07) is 15.8. The summed E-state index contributed by atoms with van der Waals surface area (Å²) < 4.78 is 0. The number of piperidine rings is 1. The number of nitrogens with zero attached hydrogens (tertiary/aromatic N) is 1. The number of likely N-dealkylation sites (tertiary alicyclic amines) is 1. The van der Waals surface area contributed by atoms with Gasteiger partial charge in [-0.1, -0.05) is 48.0 Å². The molecule has 0 spiro atoms. The van der Waals surface area contributed by atoms with E-state index in [9.17, 15) is 9.90 Å². The van der Waals surface area contributed by atoms with E-state index in [1.807, 2.05) is 67.3 Å². The molecular formula is C21H25NO2. The fraction of sp³-hybridized carbons (Fsp3) is 0.381. The molecule has 1 amide bonds. The lowest BCUT2D eigenvalue weighted by atomic mass is 9.87. The maximum atomic E-state index is 12.8. The van der Waals surface area contributed by atoms with Crippen molar-refractivity contribution < 1.29 is 9.90 Å². The van der Waals surface area contributed by atoms with Crippen LogP contribution in [0.15, 0.2) is 48.5 Å². The van der Waals surface area contributed by atoms with Crippen LogP contribution >= 0.6 is 0 Å². The predicted molar refractivity (Wildman–Crippen MR) is 95.9 cm³/mol. The highest BCUT2D eigenvalue weighted by atomic mass is 16.3. The Balaban J connectivity index is 1.64. The van der Waals surface area contributed by atoms with Crippen LogP contribution in [0.1, 0.15) is 46.0 Å². The number of aliphatic hydroxyl groups is 1. The smallest absolute Gasteiger partial charge is 0.254 e. The molecule has 1 aliphatic heterocycles. The minimum absolute atomic E-state index is 0.115. The number of aliphatic hydroxyl groups excluding tert-OH is 1. The summed E-state index contributed by atoms with van der Waals surface area (Å²) in [6.45, 7) is 5.42. The van der Waals surface area contributed by atoms with E-state index in [2.05, 4.69) is 0 Å². The maximum absolute atomic E-state index is 12.8. The Morgan fingerprint density at radius 2 is 1.75 bits per heavy atom. The van der Waals surface area contributed by atoms with Gasteiger partial charge in [-0.2, -0.15) is 0 Å². The molecule has 0 saturated carbocycles. The molecule has 0 radical (unpaired) electrons. The van der Waals surface area contributed by atoms with Gasteiger partial charge in [0, 0.05) is 18.7 Å². The number of rotatable bonds is 3. The van der Waals surface area contributed by atoms with Crippen LogP contribution in [0, 0.1) is 19.8 Å².